The molecular weight excluding hydrogens is 334 g/mol. The van der Waals surface area contributed by atoms with Gasteiger partial charge in [-0.1, -0.05) is 25.1 Å². The Hall–Kier alpha value is -2.70. The molecule has 26 heavy (non-hydrogen) atoms. The van der Waals surface area contributed by atoms with Crippen LogP contribution < -0.4 is 4.74 Å². The lowest BCUT2D eigenvalue weighted by Gasteiger charge is -2.19. The average Bonchev–Trinajstić information content (AvgIpc) is 3.02. The standard InChI is InChI=1S/C19H25N3O4/c1-6-7-10-24-14-8-9-15(20-12-14)17-21-16(26-22-17)11-13(2)18(23)25-19(3,4)5/h8-9,12H,2,6-7,10-11H2,1,3-5H3. The van der Waals surface area contributed by atoms with Crippen molar-refractivity contribution in [3.05, 3.63) is 36.4 Å². The van der Waals surface area contributed by atoms with Crippen LogP contribution in [0.4, 0.5) is 0 Å². The Morgan fingerprint density at radius 2 is 2.08 bits per heavy atom. The summed E-state index contributed by atoms with van der Waals surface area (Å²) in [7, 11) is 0. The molecule has 7 heteroatoms. The summed E-state index contributed by atoms with van der Waals surface area (Å²) >= 11 is 0. The fourth-order valence-electron chi connectivity index (χ4n) is 1.97. The molecule has 140 valence electrons. The zero-order chi connectivity index (χ0) is 19.2. The first kappa shape index (κ1) is 19.6. The highest BCUT2D eigenvalue weighted by atomic mass is 16.6. The summed E-state index contributed by atoms with van der Waals surface area (Å²) in [5, 5.41) is 3.90. The number of rotatable bonds is 8. The van der Waals surface area contributed by atoms with Gasteiger partial charge >= 0.3 is 5.97 Å². The van der Waals surface area contributed by atoms with Gasteiger partial charge in [-0.05, 0) is 39.3 Å². The third-order valence-electron chi connectivity index (χ3n) is 3.25. The molecular formula is C19H25N3O4. The summed E-state index contributed by atoms with van der Waals surface area (Å²) in [6.45, 7) is 11.9. The Morgan fingerprint density at radius 3 is 2.69 bits per heavy atom. The van der Waals surface area contributed by atoms with E-state index in [-0.39, 0.29) is 17.9 Å². The van der Waals surface area contributed by atoms with Gasteiger partial charge < -0.3 is 14.0 Å². The molecule has 0 amide bonds. The van der Waals surface area contributed by atoms with Gasteiger partial charge in [-0.25, -0.2) is 9.78 Å². The fourth-order valence-corrected chi connectivity index (χ4v) is 1.97. The molecule has 0 aromatic carbocycles. The molecule has 0 atom stereocenters. The SMILES string of the molecule is C=C(Cc1nc(-c2ccc(OCCCC)cn2)no1)C(=O)OC(C)(C)C. The van der Waals surface area contributed by atoms with Crippen LogP contribution in [0.1, 0.15) is 46.4 Å². The molecule has 0 aliphatic rings. The van der Waals surface area contributed by atoms with E-state index in [1.54, 1.807) is 33.0 Å². The number of unbranched alkanes of at least 4 members (excludes halogenated alkanes) is 1. The minimum absolute atomic E-state index is 0.125. The number of hydrogen-bond donors (Lipinski definition) is 0. The lowest BCUT2D eigenvalue weighted by molar-refractivity contribution is -0.150. The van der Waals surface area contributed by atoms with Crippen molar-refractivity contribution in [3.8, 4) is 17.3 Å². The molecule has 0 aliphatic carbocycles. The Balaban J connectivity index is 1.96. The van der Waals surface area contributed by atoms with Crippen molar-refractivity contribution >= 4 is 5.97 Å². The first-order valence-corrected chi connectivity index (χ1v) is 8.61. The molecule has 0 spiro atoms. The van der Waals surface area contributed by atoms with Crippen LogP contribution in [0.25, 0.3) is 11.5 Å². The van der Waals surface area contributed by atoms with Gasteiger partial charge in [-0.15, -0.1) is 0 Å². The first-order valence-electron chi connectivity index (χ1n) is 8.61. The lowest BCUT2D eigenvalue weighted by Crippen LogP contribution is -2.25. The van der Waals surface area contributed by atoms with E-state index >= 15 is 0 Å². The Kier molecular flexibility index (Phi) is 6.49. The number of carbonyl (C=O) groups excluding carboxylic acids is 1. The zero-order valence-corrected chi connectivity index (χ0v) is 15.7. The summed E-state index contributed by atoms with van der Waals surface area (Å²) in [4.78, 5) is 20.5. The number of hydrogen-bond acceptors (Lipinski definition) is 7. The number of carbonyl (C=O) groups is 1. The van der Waals surface area contributed by atoms with Gasteiger partial charge in [0.05, 0.1) is 19.2 Å². The molecule has 0 unspecified atom stereocenters. The average molecular weight is 359 g/mol. The van der Waals surface area contributed by atoms with Gasteiger partial charge in [-0.3, -0.25) is 0 Å². The van der Waals surface area contributed by atoms with Crippen LogP contribution in [0.15, 0.2) is 35.0 Å². The minimum atomic E-state index is -0.578. The molecule has 0 bridgehead atoms. The van der Waals surface area contributed by atoms with Gasteiger partial charge in [0, 0.05) is 5.57 Å². The highest BCUT2D eigenvalue weighted by Gasteiger charge is 2.20. The van der Waals surface area contributed by atoms with Crippen LogP contribution in [-0.4, -0.2) is 33.3 Å². The van der Waals surface area contributed by atoms with Crippen LogP contribution in [0, 0.1) is 0 Å². The van der Waals surface area contributed by atoms with Gasteiger partial charge in [0.15, 0.2) is 0 Å². The van der Waals surface area contributed by atoms with Crippen molar-refractivity contribution in [2.24, 2.45) is 0 Å². The van der Waals surface area contributed by atoms with E-state index < -0.39 is 11.6 Å². The highest BCUT2D eigenvalue weighted by molar-refractivity contribution is 5.88. The molecule has 0 fully saturated rings. The maximum Gasteiger partial charge on any atom is 0.334 e. The number of nitrogens with zero attached hydrogens (tertiary/aromatic N) is 3. The molecule has 2 rings (SSSR count). The predicted octanol–water partition coefficient (Wildman–Crippen LogP) is 3.75. The quantitative estimate of drug-likeness (QED) is 0.403. The van der Waals surface area contributed by atoms with Crippen LogP contribution in [0.5, 0.6) is 5.75 Å². The van der Waals surface area contributed by atoms with Crippen LogP contribution in [0.2, 0.25) is 0 Å². The minimum Gasteiger partial charge on any atom is -0.492 e. The lowest BCUT2D eigenvalue weighted by atomic mass is 10.1. The topological polar surface area (TPSA) is 87.3 Å². The Morgan fingerprint density at radius 1 is 1.31 bits per heavy atom. The number of ether oxygens (including phenoxy) is 2. The third-order valence-corrected chi connectivity index (χ3v) is 3.25. The summed E-state index contributed by atoms with van der Waals surface area (Å²) in [6.07, 6.45) is 3.82. The van der Waals surface area contributed by atoms with Crippen LogP contribution in [0.3, 0.4) is 0 Å². The molecule has 0 saturated carbocycles. The van der Waals surface area contributed by atoms with Crippen molar-refractivity contribution in [2.45, 2.75) is 52.6 Å². The van der Waals surface area contributed by atoms with E-state index in [0.29, 0.717) is 23.9 Å². The maximum atomic E-state index is 11.9. The fraction of sp³-hybridized carbons (Fsp3) is 0.474. The smallest absolute Gasteiger partial charge is 0.334 e. The van der Waals surface area contributed by atoms with Gasteiger partial charge in [0.1, 0.15) is 17.0 Å². The molecule has 2 aromatic rings. The largest absolute Gasteiger partial charge is 0.492 e. The first-order chi connectivity index (χ1) is 12.3. The van der Waals surface area contributed by atoms with Gasteiger partial charge in [0.25, 0.3) is 0 Å². The second kappa shape index (κ2) is 8.60. The number of esters is 1. The van der Waals surface area contributed by atoms with Crippen molar-refractivity contribution in [3.63, 3.8) is 0 Å². The summed E-state index contributed by atoms with van der Waals surface area (Å²) < 4.78 is 16.0. The van der Waals surface area contributed by atoms with Crippen LogP contribution in [-0.2, 0) is 16.0 Å². The van der Waals surface area contributed by atoms with Crippen LogP contribution >= 0.6 is 0 Å². The van der Waals surface area contributed by atoms with E-state index in [2.05, 4.69) is 28.6 Å². The predicted molar refractivity (Wildman–Crippen MR) is 96.6 cm³/mol. The van der Waals surface area contributed by atoms with Gasteiger partial charge in [0.2, 0.25) is 11.7 Å². The van der Waals surface area contributed by atoms with E-state index in [4.69, 9.17) is 14.0 Å². The third kappa shape index (κ3) is 5.98. The normalized spacial score (nSPS) is 11.2. The van der Waals surface area contributed by atoms with E-state index in [9.17, 15) is 4.79 Å². The molecule has 7 nitrogen and oxygen atoms in total. The molecule has 0 aliphatic heterocycles. The van der Waals surface area contributed by atoms with Gasteiger partial charge in [-0.2, -0.15) is 4.98 Å². The maximum absolute atomic E-state index is 11.9. The van der Waals surface area contributed by atoms with E-state index in [1.807, 2.05) is 6.07 Å². The van der Waals surface area contributed by atoms with Crippen molar-refractivity contribution in [1.82, 2.24) is 15.1 Å². The molecule has 0 saturated heterocycles. The second-order valence-corrected chi connectivity index (χ2v) is 6.88. The molecule has 2 aromatic heterocycles. The number of aromatic nitrogens is 3. The van der Waals surface area contributed by atoms with E-state index in [0.717, 1.165) is 12.8 Å². The molecule has 2 heterocycles. The van der Waals surface area contributed by atoms with E-state index in [1.165, 1.54) is 0 Å². The zero-order valence-electron chi connectivity index (χ0n) is 15.7. The highest BCUT2D eigenvalue weighted by Crippen LogP contribution is 2.19. The number of pyridine rings is 1. The Bertz CT molecular complexity index is 745. The van der Waals surface area contributed by atoms with Crippen molar-refractivity contribution in [1.29, 1.82) is 0 Å². The van der Waals surface area contributed by atoms with Crippen molar-refractivity contribution in [2.75, 3.05) is 6.61 Å². The second-order valence-electron chi connectivity index (χ2n) is 6.88. The summed E-state index contributed by atoms with van der Waals surface area (Å²) in [5.74, 6) is 0.839. The molecule has 0 N–H and O–H groups in total. The summed E-state index contributed by atoms with van der Waals surface area (Å²) in [5.41, 5.74) is 0.235. The molecule has 0 radical (unpaired) electrons. The van der Waals surface area contributed by atoms with Crippen molar-refractivity contribution < 1.29 is 18.8 Å². The summed E-state index contributed by atoms with van der Waals surface area (Å²) in [6, 6.07) is 3.58. The monoisotopic (exact) mass is 359 g/mol. The Labute approximate surface area is 153 Å².